The predicted octanol–water partition coefficient (Wildman–Crippen LogP) is 3.09. The lowest BCUT2D eigenvalue weighted by molar-refractivity contribution is -0.139. The van der Waals surface area contributed by atoms with E-state index >= 15 is 0 Å². The van der Waals surface area contributed by atoms with Crippen molar-refractivity contribution in [2.75, 3.05) is 6.61 Å². The Bertz CT molecular complexity index is 239. The van der Waals surface area contributed by atoms with Crippen LogP contribution in [0.2, 0.25) is 18.1 Å². The maximum atomic E-state index is 10.5. The number of hydrogen-bond acceptors (Lipinski definition) is 3. The van der Waals surface area contributed by atoms with Gasteiger partial charge in [-0.2, -0.15) is 0 Å². The molecule has 0 amide bonds. The van der Waals surface area contributed by atoms with Gasteiger partial charge in [-0.3, -0.25) is 4.79 Å². The highest BCUT2D eigenvalue weighted by molar-refractivity contribution is 6.74. The molecule has 0 N–H and O–H groups in total. The molecule has 0 aliphatic carbocycles. The van der Waals surface area contributed by atoms with Crippen molar-refractivity contribution in [1.29, 1.82) is 0 Å². The van der Waals surface area contributed by atoms with Gasteiger partial charge in [0, 0.05) is 6.92 Å². The highest BCUT2D eigenvalue weighted by Crippen LogP contribution is 2.36. The molecule has 0 aliphatic heterocycles. The van der Waals surface area contributed by atoms with Gasteiger partial charge in [0.15, 0.2) is 0 Å². The van der Waals surface area contributed by atoms with Crippen molar-refractivity contribution >= 4 is 14.3 Å². The number of rotatable bonds is 4. The Balaban J connectivity index is 3.99. The summed E-state index contributed by atoms with van der Waals surface area (Å²) >= 11 is 0. The minimum Gasteiger partial charge on any atom is -0.549 e. The van der Waals surface area contributed by atoms with Gasteiger partial charge < -0.3 is 9.16 Å². The first-order valence-electron chi connectivity index (χ1n) is 5.13. The number of esters is 1. The average molecular weight is 230 g/mol. The van der Waals surface area contributed by atoms with Crippen molar-refractivity contribution in [3.05, 3.63) is 12.3 Å². The Kier molecular flexibility index (Phi) is 5.07. The van der Waals surface area contributed by atoms with Crippen LogP contribution < -0.4 is 0 Å². The summed E-state index contributed by atoms with van der Waals surface area (Å²) < 4.78 is 10.5. The maximum absolute atomic E-state index is 10.5. The van der Waals surface area contributed by atoms with Gasteiger partial charge in [-0.05, 0) is 24.2 Å². The normalized spacial score (nSPS) is 12.9. The molecular weight excluding hydrogens is 208 g/mol. The van der Waals surface area contributed by atoms with Gasteiger partial charge in [0.05, 0.1) is 6.26 Å². The Morgan fingerprint density at radius 3 is 2.27 bits per heavy atom. The van der Waals surface area contributed by atoms with Crippen LogP contribution in [0.15, 0.2) is 12.3 Å². The van der Waals surface area contributed by atoms with E-state index in [1.807, 2.05) is 0 Å². The van der Waals surface area contributed by atoms with E-state index in [9.17, 15) is 4.79 Å². The van der Waals surface area contributed by atoms with Crippen LogP contribution in [0.4, 0.5) is 0 Å². The lowest BCUT2D eigenvalue weighted by Gasteiger charge is -2.34. The molecule has 0 aromatic carbocycles. The molecule has 0 radical (unpaired) electrons. The molecular formula is C11H22O3Si. The molecule has 15 heavy (non-hydrogen) atoms. The van der Waals surface area contributed by atoms with Crippen LogP contribution in [0.3, 0.4) is 0 Å². The maximum Gasteiger partial charge on any atom is 0.302 e. The number of carbonyl (C=O) groups is 1. The summed E-state index contributed by atoms with van der Waals surface area (Å²) in [5, 5.41) is 0.193. The summed E-state index contributed by atoms with van der Waals surface area (Å²) in [6.07, 6.45) is 3.38. The quantitative estimate of drug-likeness (QED) is 0.423. The summed E-state index contributed by atoms with van der Waals surface area (Å²) in [5.74, 6) is -0.271. The van der Waals surface area contributed by atoms with Crippen molar-refractivity contribution in [3.8, 4) is 0 Å². The summed E-state index contributed by atoms with van der Waals surface area (Å²) in [5.41, 5.74) is 0. The van der Waals surface area contributed by atoms with Gasteiger partial charge in [-0.1, -0.05) is 20.8 Å². The Labute approximate surface area is 93.6 Å². The van der Waals surface area contributed by atoms with Crippen LogP contribution in [0.5, 0.6) is 0 Å². The summed E-state index contributed by atoms with van der Waals surface area (Å²) in [6, 6.07) is 0. The van der Waals surface area contributed by atoms with Crippen molar-refractivity contribution in [2.24, 2.45) is 0 Å². The van der Waals surface area contributed by atoms with E-state index in [0.29, 0.717) is 0 Å². The molecule has 4 heteroatoms. The second kappa shape index (κ2) is 5.35. The SMILES string of the molecule is CC(=O)OCC=CO[Si](C)(C)C(C)(C)C. The molecule has 0 fully saturated rings. The summed E-state index contributed by atoms with van der Waals surface area (Å²) in [4.78, 5) is 10.5. The van der Waals surface area contributed by atoms with Gasteiger partial charge in [-0.25, -0.2) is 0 Å². The summed E-state index contributed by atoms with van der Waals surface area (Å²) in [7, 11) is -1.71. The standard InChI is InChI=1S/C11H22O3Si/c1-10(12)13-8-7-9-14-15(5,6)11(2,3)4/h7,9H,8H2,1-6H3. The third-order valence-corrected chi connectivity index (χ3v) is 6.99. The van der Waals surface area contributed by atoms with E-state index in [4.69, 9.17) is 9.16 Å². The van der Waals surface area contributed by atoms with Gasteiger partial charge in [-0.15, -0.1) is 0 Å². The molecule has 0 aliphatic rings. The van der Waals surface area contributed by atoms with Crippen LogP contribution in [-0.4, -0.2) is 20.9 Å². The highest BCUT2D eigenvalue weighted by Gasteiger charge is 2.37. The number of hydrogen-bond donors (Lipinski definition) is 0. The minimum atomic E-state index is -1.71. The molecule has 0 saturated carbocycles. The van der Waals surface area contributed by atoms with Crippen molar-refractivity contribution in [2.45, 2.75) is 45.8 Å². The fourth-order valence-corrected chi connectivity index (χ4v) is 1.39. The van der Waals surface area contributed by atoms with Crippen LogP contribution in [-0.2, 0) is 14.0 Å². The van der Waals surface area contributed by atoms with E-state index in [-0.39, 0.29) is 17.6 Å². The second-order valence-corrected chi connectivity index (χ2v) is 9.81. The van der Waals surface area contributed by atoms with Crippen molar-refractivity contribution < 1.29 is 14.0 Å². The lowest BCUT2D eigenvalue weighted by atomic mass is 10.2. The van der Waals surface area contributed by atoms with E-state index < -0.39 is 8.32 Å². The molecule has 3 nitrogen and oxygen atoms in total. The molecule has 0 rings (SSSR count). The average Bonchev–Trinajstić information content (AvgIpc) is 2.00. The molecule has 0 aromatic rings. The number of carbonyl (C=O) groups excluding carboxylic acids is 1. The zero-order valence-corrected chi connectivity index (χ0v) is 11.6. The first kappa shape index (κ1) is 14.2. The Morgan fingerprint density at radius 2 is 1.87 bits per heavy atom. The fraction of sp³-hybridized carbons (Fsp3) is 0.727. The molecule has 0 heterocycles. The third-order valence-electron chi connectivity index (χ3n) is 2.65. The van der Waals surface area contributed by atoms with E-state index in [1.165, 1.54) is 6.92 Å². The van der Waals surface area contributed by atoms with Crippen LogP contribution in [0.1, 0.15) is 27.7 Å². The monoisotopic (exact) mass is 230 g/mol. The fourth-order valence-electron chi connectivity index (χ4n) is 0.600. The van der Waals surface area contributed by atoms with Gasteiger partial charge >= 0.3 is 5.97 Å². The van der Waals surface area contributed by atoms with Gasteiger partial charge in [0.1, 0.15) is 6.61 Å². The molecule has 0 saturated heterocycles. The van der Waals surface area contributed by atoms with Crippen LogP contribution in [0, 0.1) is 0 Å². The highest BCUT2D eigenvalue weighted by atomic mass is 28.4. The van der Waals surface area contributed by atoms with Crippen molar-refractivity contribution in [3.63, 3.8) is 0 Å². The molecule has 0 unspecified atom stereocenters. The zero-order valence-electron chi connectivity index (χ0n) is 10.6. The van der Waals surface area contributed by atoms with Crippen LogP contribution in [0.25, 0.3) is 0 Å². The van der Waals surface area contributed by atoms with E-state index in [0.717, 1.165) is 0 Å². The summed E-state index contributed by atoms with van der Waals surface area (Å²) in [6.45, 7) is 12.6. The molecule has 0 atom stereocenters. The Hall–Kier alpha value is -0.773. The number of ether oxygens (including phenoxy) is 1. The largest absolute Gasteiger partial charge is 0.549 e. The second-order valence-electron chi connectivity index (χ2n) is 5.05. The zero-order chi connectivity index (χ0) is 12.1. The first-order chi connectivity index (χ1) is 6.67. The molecule has 0 bridgehead atoms. The molecule has 0 spiro atoms. The topological polar surface area (TPSA) is 35.5 Å². The molecule has 0 aromatic heterocycles. The predicted molar refractivity (Wildman–Crippen MR) is 64.1 cm³/mol. The van der Waals surface area contributed by atoms with E-state index in [2.05, 4.69) is 33.9 Å². The smallest absolute Gasteiger partial charge is 0.302 e. The van der Waals surface area contributed by atoms with Gasteiger partial charge in [0.25, 0.3) is 0 Å². The van der Waals surface area contributed by atoms with Crippen LogP contribution >= 0.6 is 0 Å². The van der Waals surface area contributed by atoms with E-state index in [1.54, 1.807) is 12.3 Å². The third kappa shape index (κ3) is 5.62. The van der Waals surface area contributed by atoms with Gasteiger partial charge in [0.2, 0.25) is 8.32 Å². The minimum absolute atomic E-state index is 0.193. The Morgan fingerprint density at radius 1 is 1.33 bits per heavy atom. The molecule has 88 valence electrons. The van der Waals surface area contributed by atoms with Crippen molar-refractivity contribution in [1.82, 2.24) is 0 Å². The first-order valence-corrected chi connectivity index (χ1v) is 8.04. The lowest BCUT2D eigenvalue weighted by Crippen LogP contribution is -2.39.